The van der Waals surface area contributed by atoms with E-state index in [1.807, 2.05) is 31.2 Å². The first kappa shape index (κ1) is 23.5. The monoisotopic (exact) mass is 434 g/mol. The first-order valence-electron chi connectivity index (χ1n) is 9.73. The molecule has 1 amide bonds. The number of sulfonamides is 1. The molecule has 164 valence electrons. The van der Waals surface area contributed by atoms with Crippen LogP contribution in [0.15, 0.2) is 42.5 Å². The standard InChI is InChI=1S/C22H30N2O5S/c1-7-17-8-10-18(11-9-17)15(2)23-22(25)16(3)24(30(6,26)27)20-14-19(28-4)12-13-21(20)29-5/h8-16H,7H2,1-6H3,(H,23,25)/t15-,16+/m1/s1. The van der Waals surface area contributed by atoms with Crippen molar-refractivity contribution in [3.05, 3.63) is 53.6 Å². The van der Waals surface area contributed by atoms with E-state index in [4.69, 9.17) is 9.47 Å². The van der Waals surface area contributed by atoms with E-state index in [0.717, 1.165) is 22.5 Å². The molecular formula is C22H30N2O5S. The maximum Gasteiger partial charge on any atom is 0.244 e. The van der Waals surface area contributed by atoms with E-state index >= 15 is 0 Å². The van der Waals surface area contributed by atoms with Gasteiger partial charge in [0.2, 0.25) is 15.9 Å². The van der Waals surface area contributed by atoms with Gasteiger partial charge in [0.1, 0.15) is 17.5 Å². The van der Waals surface area contributed by atoms with E-state index < -0.39 is 22.0 Å². The number of rotatable bonds is 9. The molecule has 0 spiro atoms. The quantitative estimate of drug-likeness (QED) is 0.655. The molecule has 2 rings (SSSR count). The van der Waals surface area contributed by atoms with Crippen LogP contribution in [0.2, 0.25) is 0 Å². The van der Waals surface area contributed by atoms with Gasteiger partial charge < -0.3 is 14.8 Å². The van der Waals surface area contributed by atoms with Gasteiger partial charge in [-0.15, -0.1) is 0 Å². The zero-order valence-corrected chi connectivity index (χ0v) is 19.1. The molecule has 0 bridgehead atoms. The summed E-state index contributed by atoms with van der Waals surface area (Å²) in [6, 6.07) is 11.5. The number of carbonyl (C=O) groups excluding carboxylic acids is 1. The fraction of sp³-hybridized carbons (Fsp3) is 0.409. The van der Waals surface area contributed by atoms with Crippen LogP contribution in [0.1, 0.15) is 37.9 Å². The third kappa shape index (κ3) is 5.44. The fourth-order valence-electron chi connectivity index (χ4n) is 3.21. The summed E-state index contributed by atoms with van der Waals surface area (Å²) in [6.45, 7) is 5.49. The maximum absolute atomic E-state index is 13.0. The summed E-state index contributed by atoms with van der Waals surface area (Å²) < 4.78 is 36.8. The molecule has 0 aromatic heterocycles. The summed E-state index contributed by atoms with van der Waals surface area (Å²) in [6.07, 6.45) is 1.99. The van der Waals surface area contributed by atoms with Crippen molar-refractivity contribution >= 4 is 21.6 Å². The Bertz CT molecular complexity index is 974. The Morgan fingerprint density at radius 1 is 1.07 bits per heavy atom. The average Bonchev–Trinajstić information content (AvgIpc) is 2.72. The maximum atomic E-state index is 13.0. The first-order valence-corrected chi connectivity index (χ1v) is 11.6. The molecular weight excluding hydrogens is 404 g/mol. The average molecular weight is 435 g/mol. The molecule has 0 radical (unpaired) electrons. The SMILES string of the molecule is CCc1ccc([C@@H](C)NC(=O)[C@H](C)N(c2cc(OC)ccc2OC)S(C)(=O)=O)cc1. The van der Waals surface area contributed by atoms with Gasteiger partial charge in [-0.3, -0.25) is 9.10 Å². The number of benzene rings is 2. The first-order chi connectivity index (χ1) is 14.1. The summed E-state index contributed by atoms with van der Waals surface area (Å²) in [5.41, 5.74) is 2.39. The topological polar surface area (TPSA) is 84.9 Å². The van der Waals surface area contributed by atoms with Crippen molar-refractivity contribution in [2.45, 2.75) is 39.3 Å². The summed E-state index contributed by atoms with van der Waals surface area (Å²) in [5.74, 6) is 0.359. The molecule has 0 fully saturated rings. The highest BCUT2D eigenvalue weighted by atomic mass is 32.2. The van der Waals surface area contributed by atoms with E-state index in [9.17, 15) is 13.2 Å². The lowest BCUT2D eigenvalue weighted by Crippen LogP contribution is -2.48. The van der Waals surface area contributed by atoms with Crippen molar-refractivity contribution in [2.75, 3.05) is 24.8 Å². The molecule has 0 aliphatic heterocycles. The molecule has 0 saturated heterocycles. The molecule has 2 atom stereocenters. The van der Waals surface area contributed by atoms with Crippen LogP contribution in [-0.2, 0) is 21.2 Å². The van der Waals surface area contributed by atoms with Crippen LogP contribution in [0.5, 0.6) is 11.5 Å². The van der Waals surface area contributed by atoms with Crippen LogP contribution in [0, 0.1) is 0 Å². The van der Waals surface area contributed by atoms with Crippen molar-refractivity contribution in [1.29, 1.82) is 0 Å². The van der Waals surface area contributed by atoms with Crippen molar-refractivity contribution < 1.29 is 22.7 Å². The highest BCUT2D eigenvalue weighted by Gasteiger charge is 2.32. The Morgan fingerprint density at radius 3 is 2.20 bits per heavy atom. The van der Waals surface area contributed by atoms with Crippen LogP contribution in [-0.4, -0.2) is 40.8 Å². The Balaban J connectivity index is 2.33. The molecule has 0 aliphatic rings. The number of amides is 1. The molecule has 0 saturated carbocycles. The Kier molecular flexibility index (Phi) is 7.72. The number of ether oxygens (including phenoxy) is 2. The van der Waals surface area contributed by atoms with Crippen molar-refractivity contribution in [3.8, 4) is 11.5 Å². The van der Waals surface area contributed by atoms with Gasteiger partial charge >= 0.3 is 0 Å². The van der Waals surface area contributed by atoms with Gasteiger partial charge in [-0.05, 0) is 43.5 Å². The second kappa shape index (κ2) is 9.84. The van der Waals surface area contributed by atoms with Gasteiger partial charge in [-0.25, -0.2) is 8.42 Å². The number of nitrogens with one attached hydrogen (secondary N) is 1. The van der Waals surface area contributed by atoms with E-state index in [1.54, 1.807) is 19.1 Å². The van der Waals surface area contributed by atoms with E-state index in [-0.39, 0.29) is 11.7 Å². The number of hydrogen-bond donors (Lipinski definition) is 1. The highest BCUT2D eigenvalue weighted by Crippen LogP contribution is 2.35. The minimum Gasteiger partial charge on any atom is -0.497 e. The molecule has 2 aromatic rings. The second-order valence-corrected chi connectivity index (χ2v) is 8.96. The molecule has 0 heterocycles. The van der Waals surface area contributed by atoms with Gasteiger partial charge in [-0.2, -0.15) is 0 Å². The molecule has 2 aromatic carbocycles. The van der Waals surface area contributed by atoms with E-state index in [1.165, 1.54) is 25.8 Å². The Labute approximate surface area is 179 Å². The Hall–Kier alpha value is -2.74. The number of carbonyl (C=O) groups is 1. The molecule has 7 nitrogen and oxygen atoms in total. The zero-order chi connectivity index (χ0) is 22.5. The van der Waals surface area contributed by atoms with Crippen molar-refractivity contribution in [2.24, 2.45) is 0 Å². The number of nitrogens with zero attached hydrogens (tertiary/aromatic N) is 1. The van der Waals surface area contributed by atoms with Gasteiger partial charge in [0.05, 0.1) is 32.2 Å². The van der Waals surface area contributed by atoms with Crippen molar-refractivity contribution in [1.82, 2.24) is 5.32 Å². The lowest BCUT2D eigenvalue weighted by molar-refractivity contribution is -0.122. The highest BCUT2D eigenvalue weighted by molar-refractivity contribution is 7.92. The fourth-order valence-corrected chi connectivity index (χ4v) is 4.38. The minimum absolute atomic E-state index is 0.238. The molecule has 1 N–H and O–H groups in total. The number of methoxy groups -OCH3 is 2. The smallest absolute Gasteiger partial charge is 0.244 e. The van der Waals surface area contributed by atoms with Gasteiger partial charge in [0.15, 0.2) is 0 Å². The van der Waals surface area contributed by atoms with Crippen LogP contribution in [0.3, 0.4) is 0 Å². The summed E-state index contributed by atoms with van der Waals surface area (Å²) in [4.78, 5) is 13.0. The predicted octanol–water partition coefficient (Wildman–Crippen LogP) is 3.30. The van der Waals surface area contributed by atoms with E-state index in [2.05, 4.69) is 12.2 Å². The summed E-state index contributed by atoms with van der Waals surface area (Å²) in [5, 5.41) is 2.90. The summed E-state index contributed by atoms with van der Waals surface area (Å²) in [7, 11) is -0.865. The molecule has 0 aliphatic carbocycles. The normalized spacial score (nSPS) is 13.3. The van der Waals surface area contributed by atoms with Gasteiger partial charge in [0, 0.05) is 6.07 Å². The van der Waals surface area contributed by atoms with Crippen molar-refractivity contribution in [3.63, 3.8) is 0 Å². The molecule has 8 heteroatoms. The predicted molar refractivity (Wildman–Crippen MR) is 119 cm³/mol. The third-order valence-electron chi connectivity index (χ3n) is 4.96. The second-order valence-electron chi connectivity index (χ2n) is 7.10. The minimum atomic E-state index is -3.79. The summed E-state index contributed by atoms with van der Waals surface area (Å²) >= 11 is 0. The third-order valence-corrected chi connectivity index (χ3v) is 6.19. The number of aryl methyl sites for hydroxylation is 1. The molecule has 0 unspecified atom stereocenters. The molecule has 30 heavy (non-hydrogen) atoms. The van der Waals surface area contributed by atoms with Crippen LogP contribution in [0.4, 0.5) is 5.69 Å². The number of anilines is 1. The Morgan fingerprint density at radius 2 is 1.70 bits per heavy atom. The lowest BCUT2D eigenvalue weighted by atomic mass is 10.0. The lowest BCUT2D eigenvalue weighted by Gasteiger charge is -2.30. The zero-order valence-electron chi connectivity index (χ0n) is 18.3. The van der Waals surface area contributed by atoms with Crippen LogP contribution >= 0.6 is 0 Å². The van der Waals surface area contributed by atoms with Gasteiger partial charge in [0.25, 0.3) is 0 Å². The largest absolute Gasteiger partial charge is 0.497 e. The van der Waals surface area contributed by atoms with Crippen LogP contribution < -0.4 is 19.1 Å². The van der Waals surface area contributed by atoms with Crippen LogP contribution in [0.25, 0.3) is 0 Å². The van der Waals surface area contributed by atoms with E-state index in [0.29, 0.717) is 11.5 Å². The number of hydrogen-bond acceptors (Lipinski definition) is 5. The van der Waals surface area contributed by atoms with Gasteiger partial charge in [-0.1, -0.05) is 31.2 Å².